The minimum absolute atomic E-state index is 0.0906. The van der Waals surface area contributed by atoms with Gasteiger partial charge in [0.05, 0.1) is 73.1 Å². The van der Waals surface area contributed by atoms with Gasteiger partial charge in [-0.05, 0) is 125 Å². The molecule has 2 saturated heterocycles. The largest absolute Gasteiger partial charge is 0.377 e. The molecule has 7 rings (SSSR count). The highest BCUT2D eigenvalue weighted by atomic mass is 127. The van der Waals surface area contributed by atoms with Crippen molar-refractivity contribution in [2.75, 3.05) is 61.2 Å². The number of carbonyl (C=O) groups is 2. The third-order valence-corrected chi connectivity index (χ3v) is 11.5. The van der Waals surface area contributed by atoms with E-state index in [1.807, 2.05) is 60.7 Å². The van der Waals surface area contributed by atoms with E-state index in [4.69, 9.17) is 29.2 Å². The molecular formula is C45H50F3IN8O5. The van der Waals surface area contributed by atoms with Crippen LogP contribution in [0.1, 0.15) is 68.7 Å². The molecule has 0 bridgehead atoms. The minimum atomic E-state index is -1.33. The minimum Gasteiger partial charge on any atom is -0.377 e. The zero-order valence-electron chi connectivity index (χ0n) is 35.5. The van der Waals surface area contributed by atoms with Crippen LogP contribution in [0.25, 0.3) is 22.3 Å². The smallest absolute Gasteiger partial charge is 0.255 e. The van der Waals surface area contributed by atoms with Gasteiger partial charge in [-0.25, -0.2) is 18.2 Å². The second-order valence-electron chi connectivity index (χ2n) is 16.7. The van der Waals surface area contributed by atoms with E-state index >= 15 is 4.39 Å². The number of benzene rings is 3. The fraction of sp³-hybridized carbons (Fsp3) is 0.400. The average Bonchev–Trinajstić information content (AvgIpc) is 3.22. The van der Waals surface area contributed by atoms with Gasteiger partial charge in [-0.3, -0.25) is 9.59 Å². The number of ether oxygens (including phenoxy) is 3. The van der Waals surface area contributed by atoms with Crippen molar-refractivity contribution in [3.63, 3.8) is 0 Å². The van der Waals surface area contributed by atoms with Crippen molar-refractivity contribution in [3.05, 3.63) is 98.9 Å². The molecule has 2 aliphatic rings. The van der Waals surface area contributed by atoms with Crippen molar-refractivity contribution in [3.8, 4) is 11.3 Å². The Morgan fingerprint density at radius 2 is 1.56 bits per heavy atom. The number of nitrogens with one attached hydrogen (secondary N) is 3. The van der Waals surface area contributed by atoms with E-state index in [9.17, 15) is 18.4 Å². The van der Waals surface area contributed by atoms with Gasteiger partial charge in [0.25, 0.3) is 11.8 Å². The lowest BCUT2D eigenvalue weighted by molar-refractivity contribution is -0.0430. The first-order chi connectivity index (χ1) is 29.5. The summed E-state index contributed by atoms with van der Waals surface area (Å²) >= 11 is 1.93. The summed E-state index contributed by atoms with van der Waals surface area (Å²) in [6.45, 7) is 15.0. The quantitative estimate of drug-likeness (QED) is 0.0781. The molecule has 0 unspecified atom stereocenters. The van der Waals surface area contributed by atoms with E-state index in [1.54, 1.807) is 32.0 Å². The first kappa shape index (κ1) is 44.9. The summed E-state index contributed by atoms with van der Waals surface area (Å²) in [6, 6.07) is 17.5. The number of morpholine rings is 2. The lowest BCUT2D eigenvalue weighted by atomic mass is 9.99. The van der Waals surface area contributed by atoms with Crippen LogP contribution in [0, 0.1) is 21.0 Å². The van der Waals surface area contributed by atoms with Crippen LogP contribution in [0.2, 0.25) is 0 Å². The van der Waals surface area contributed by atoms with Gasteiger partial charge in [0.1, 0.15) is 17.4 Å². The third-order valence-electron chi connectivity index (χ3n) is 10.8. The number of amides is 2. The van der Waals surface area contributed by atoms with E-state index in [0.717, 1.165) is 28.9 Å². The molecule has 62 heavy (non-hydrogen) atoms. The Morgan fingerprint density at radius 3 is 2.27 bits per heavy atom. The van der Waals surface area contributed by atoms with Crippen LogP contribution in [0.3, 0.4) is 0 Å². The molecule has 5 aromatic rings. The lowest BCUT2D eigenvalue weighted by Gasteiger charge is -2.37. The highest BCUT2D eigenvalue weighted by molar-refractivity contribution is 14.1. The second-order valence-corrected chi connectivity index (χ2v) is 17.9. The van der Waals surface area contributed by atoms with Gasteiger partial charge in [-0.2, -0.15) is 9.97 Å². The summed E-state index contributed by atoms with van der Waals surface area (Å²) in [5.74, 6) is -2.91. The number of anilines is 4. The summed E-state index contributed by atoms with van der Waals surface area (Å²) in [5.41, 5.74) is -0.550. The first-order valence-corrected chi connectivity index (χ1v) is 21.5. The van der Waals surface area contributed by atoms with Crippen LogP contribution in [0.4, 0.5) is 36.3 Å². The maximum Gasteiger partial charge on any atom is 0.255 e. The topological polar surface area (TPSA) is 143 Å². The molecule has 328 valence electrons. The normalized spacial score (nSPS) is 17.3. The van der Waals surface area contributed by atoms with E-state index in [0.29, 0.717) is 72.4 Å². The molecule has 0 radical (unpaired) electrons. The van der Waals surface area contributed by atoms with Crippen LogP contribution in [0.15, 0.2) is 66.7 Å². The number of pyridine rings is 1. The highest BCUT2D eigenvalue weighted by Gasteiger charge is 2.30. The van der Waals surface area contributed by atoms with Crippen LogP contribution < -0.4 is 25.8 Å². The molecule has 0 spiro atoms. The van der Waals surface area contributed by atoms with Crippen molar-refractivity contribution in [1.82, 2.24) is 25.6 Å². The van der Waals surface area contributed by atoms with Gasteiger partial charge in [0.15, 0.2) is 17.3 Å². The number of hydrogen-bond donors (Lipinski definition) is 3. The molecule has 0 aliphatic carbocycles. The molecular weight excluding hydrogens is 916 g/mol. The number of aromatic nitrogens is 3. The Bertz CT molecular complexity index is 2480. The van der Waals surface area contributed by atoms with Crippen LogP contribution in [-0.4, -0.2) is 96.2 Å². The molecule has 2 fully saturated rings. The molecule has 4 heterocycles. The van der Waals surface area contributed by atoms with Gasteiger partial charge in [-0.1, -0.05) is 12.1 Å². The molecule has 0 saturated carbocycles. The number of hydrogen-bond acceptors (Lipinski definition) is 11. The number of nitrogens with zero attached hydrogens (tertiary/aromatic N) is 5. The molecule has 3 aromatic carbocycles. The van der Waals surface area contributed by atoms with E-state index in [1.165, 1.54) is 12.1 Å². The predicted octanol–water partition coefficient (Wildman–Crippen LogP) is 7.99. The molecule has 17 heteroatoms. The fourth-order valence-corrected chi connectivity index (χ4v) is 7.80. The molecule has 2 aromatic heterocycles. The summed E-state index contributed by atoms with van der Waals surface area (Å²) in [7, 11) is 0. The Balaban J connectivity index is 1.02. The molecule has 2 atom stereocenters. The standard InChI is InChI=1S/C45H50F3IN8O5/c1-26-24-60-20-17-56(26)40-32-12-15-35(51-39(32)52-43(53-40)57-18-21-61-25-27(57)2)28-8-7-9-29(22-28)41(58)54-44(3,4)16-19-62-45(5,6)55-42(59)31-11-13-33(46)37(48)38(31)50-36-14-10-30(49)23-34(36)47/h7-15,22-23,26-27,50H,16-21,24-25H2,1-6H3,(H,54,58)(H,55,59)/t26-,27-/m1/s1. The molecule has 3 N–H and O–H groups in total. The Morgan fingerprint density at radius 1 is 0.839 bits per heavy atom. The summed E-state index contributed by atoms with van der Waals surface area (Å²) in [6.07, 6.45) is 0.349. The number of fused-ring (bicyclic) bond motifs is 1. The first-order valence-electron chi connectivity index (χ1n) is 20.5. The number of rotatable bonds is 13. The van der Waals surface area contributed by atoms with Crippen molar-refractivity contribution >= 4 is 68.6 Å². The monoisotopic (exact) mass is 966 g/mol. The van der Waals surface area contributed by atoms with E-state index in [-0.39, 0.29) is 35.8 Å². The van der Waals surface area contributed by atoms with Crippen molar-refractivity contribution in [1.29, 1.82) is 0 Å². The van der Waals surface area contributed by atoms with Crippen molar-refractivity contribution < 1.29 is 37.0 Å². The summed E-state index contributed by atoms with van der Waals surface area (Å²) in [5, 5.41) is 9.14. The lowest BCUT2D eigenvalue weighted by Crippen LogP contribution is -2.48. The fourth-order valence-electron chi connectivity index (χ4n) is 7.34. The highest BCUT2D eigenvalue weighted by Crippen LogP contribution is 2.33. The SMILES string of the molecule is C[C@@H]1COCCN1c1nc(N2CCOC[C@H]2C)c2ccc(-c3cccc(C(=O)NC(C)(C)CCOC(C)(C)NC(=O)c4ccc(F)c(F)c4Nc4ccc(I)cc4F)c3)nc2n1. The van der Waals surface area contributed by atoms with Gasteiger partial charge in [0, 0.05) is 33.3 Å². The zero-order chi connectivity index (χ0) is 44.3. The van der Waals surface area contributed by atoms with Gasteiger partial charge in [-0.15, -0.1) is 0 Å². The number of carbonyl (C=O) groups excluding carboxylic acids is 2. The summed E-state index contributed by atoms with van der Waals surface area (Å²) in [4.78, 5) is 46.6. The zero-order valence-corrected chi connectivity index (χ0v) is 37.6. The van der Waals surface area contributed by atoms with E-state index < -0.39 is 40.3 Å². The van der Waals surface area contributed by atoms with Crippen LogP contribution in [-0.2, 0) is 14.2 Å². The van der Waals surface area contributed by atoms with Gasteiger partial charge in [0.2, 0.25) is 5.95 Å². The second kappa shape index (κ2) is 18.7. The Labute approximate surface area is 372 Å². The van der Waals surface area contributed by atoms with Crippen molar-refractivity contribution in [2.24, 2.45) is 0 Å². The Kier molecular flexibility index (Phi) is 13.6. The third kappa shape index (κ3) is 10.4. The molecule has 2 amide bonds. The molecule has 13 nitrogen and oxygen atoms in total. The van der Waals surface area contributed by atoms with Crippen LogP contribution in [0.5, 0.6) is 0 Å². The van der Waals surface area contributed by atoms with Gasteiger partial charge < -0.3 is 40.0 Å². The maximum atomic E-state index is 15.0. The van der Waals surface area contributed by atoms with E-state index in [2.05, 4.69) is 39.6 Å². The maximum absolute atomic E-state index is 15.0. The Hall–Kier alpha value is -5.11. The van der Waals surface area contributed by atoms with Gasteiger partial charge >= 0.3 is 0 Å². The number of halogens is 4. The van der Waals surface area contributed by atoms with Crippen molar-refractivity contribution in [2.45, 2.75) is 71.3 Å². The average molecular weight is 967 g/mol. The predicted molar refractivity (Wildman–Crippen MR) is 240 cm³/mol. The molecule has 2 aliphatic heterocycles. The summed E-state index contributed by atoms with van der Waals surface area (Å²) < 4.78 is 62.0. The van der Waals surface area contributed by atoms with Crippen LogP contribution >= 0.6 is 22.6 Å².